The van der Waals surface area contributed by atoms with Crippen molar-refractivity contribution in [3.63, 3.8) is 0 Å². The molecule has 2 rings (SSSR count). The zero-order chi connectivity index (χ0) is 14.0. The molecule has 0 bridgehead atoms. The summed E-state index contributed by atoms with van der Waals surface area (Å²) in [6.07, 6.45) is 1.81. The van der Waals surface area contributed by atoms with Crippen LogP contribution in [0.1, 0.15) is 12.8 Å². The molecule has 1 saturated heterocycles. The van der Waals surface area contributed by atoms with Crippen LogP contribution in [0.3, 0.4) is 0 Å². The molecular weight excluding hydrogens is 359 g/mol. The van der Waals surface area contributed by atoms with Crippen LogP contribution >= 0.6 is 27.5 Å². The van der Waals surface area contributed by atoms with Crippen LogP contribution < -0.4 is 10.0 Å². The first kappa shape index (κ1) is 15.0. The van der Waals surface area contributed by atoms with Crippen LogP contribution in [0.4, 0.5) is 10.1 Å². The van der Waals surface area contributed by atoms with E-state index in [0.29, 0.717) is 0 Å². The maximum atomic E-state index is 13.1. The highest BCUT2D eigenvalue weighted by molar-refractivity contribution is 9.10. The number of hydrogen-bond acceptors (Lipinski definition) is 3. The Hall–Kier alpha value is -0.370. The summed E-state index contributed by atoms with van der Waals surface area (Å²) in [4.78, 5) is 0. The van der Waals surface area contributed by atoms with Crippen molar-refractivity contribution >= 4 is 43.2 Å². The number of halogens is 3. The molecule has 19 heavy (non-hydrogen) atoms. The molecule has 1 atom stereocenters. The Morgan fingerprint density at radius 3 is 2.84 bits per heavy atom. The molecule has 1 heterocycles. The van der Waals surface area contributed by atoms with Crippen LogP contribution in [0.2, 0.25) is 5.02 Å². The number of rotatable bonds is 4. The molecule has 1 fully saturated rings. The number of anilines is 1. The van der Waals surface area contributed by atoms with Gasteiger partial charge in [0.25, 0.3) is 0 Å². The molecule has 1 unspecified atom stereocenters. The lowest BCUT2D eigenvalue weighted by molar-refractivity contribution is 0.581. The average Bonchev–Trinajstić information content (AvgIpc) is 2.75. The van der Waals surface area contributed by atoms with Gasteiger partial charge < -0.3 is 5.32 Å². The van der Waals surface area contributed by atoms with Crippen LogP contribution in [0.15, 0.2) is 16.6 Å². The molecule has 1 aromatic carbocycles. The molecular formula is C11H13BrClFN2O2S. The largest absolute Gasteiger partial charge is 0.313 e. The van der Waals surface area contributed by atoms with Gasteiger partial charge in [-0.1, -0.05) is 11.6 Å². The van der Waals surface area contributed by atoms with E-state index in [4.69, 9.17) is 11.6 Å². The fourth-order valence-electron chi connectivity index (χ4n) is 2.00. The summed E-state index contributed by atoms with van der Waals surface area (Å²) in [5, 5.41) is 3.14. The van der Waals surface area contributed by atoms with Gasteiger partial charge in [-0.15, -0.1) is 0 Å². The van der Waals surface area contributed by atoms with E-state index in [2.05, 4.69) is 26.0 Å². The molecule has 106 valence electrons. The van der Waals surface area contributed by atoms with Crippen molar-refractivity contribution < 1.29 is 12.8 Å². The van der Waals surface area contributed by atoms with Crippen molar-refractivity contribution in [1.29, 1.82) is 0 Å². The van der Waals surface area contributed by atoms with E-state index in [1.807, 2.05) is 0 Å². The lowest BCUT2D eigenvalue weighted by Gasteiger charge is -2.14. The Labute approximate surface area is 124 Å². The Balaban J connectivity index is 2.15. The second-order valence-electron chi connectivity index (χ2n) is 4.42. The zero-order valence-electron chi connectivity index (χ0n) is 9.92. The van der Waals surface area contributed by atoms with Gasteiger partial charge in [0.1, 0.15) is 5.82 Å². The Bertz CT molecular complexity index is 553. The topological polar surface area (TPSA) is 58.2 Å². The quantitative estimate of drug-likeness (QED) is 0.855. The van der Waals surface area contributed by atoms with Crippen LogP contribution in [0.5, 0.6) is 0 Å². The van der Waals surface area contributed by atoms with Crippen molar-refractivity contribution in [2.45, 2.75) is 18.9 Å². The summed E-state index contributed by atoms with van der Waals surface area (Å²) >= 11 is 8.94. The van der Waals surface area contributed by atoms with Gasteiger partial charge in [-0.3, -0.25) is 4.72 Å². The van der Waals surface area contributed by atoms with Crippen LogP contribution in [-0.4, -0.2) is 26.8 Å². The normalized spacial score (nSPS) is 19.6. The fourth-order valence-corrected chi connectivity index (χ4v) is 4.52. The van der Waals surface area contributed by atoms with E-state index in [1.54, 1.807) is 0 Å². The molecule has 8 heteroatoms. The Kier molecular flexibility index (Phi) is 4.70. The third-order valence-corrected chi connectivity index (χ3v) is 5.13. The van der Waals surface area contributed by atoms with Crippen molar-refractivity contribution in [2.24, 2.45) is 0 Å². The molecule has 1 aromatic rings. The van der Waals surface area contributed by atoms with Gasteiger partial charge in [0.2, 0.25) is 10.0 Å². The highest BCUT2D eigenvalue weighted by Crippen LogP contribution is 2.32. The number of nitrogens with one attached hydrogen (secondary N) is 2. The van der Waals surface area contributed by atoms with Gasteiger partial charge in [-0.25, -0.2) is 12.8 Å². The summed E-state index contributed by atoms with van der Waals surface area (Å²) in [6.45, 7) is 0.835. The zero-order valence-corrected chi connectivity index (χ0v) is 13.1. The molecule has 0 aliphatic carbocycles. The number of hydrogen-bond donors (Lipinski definition) is 2. The lowest BCUT2D eigenvalue weighted by atomic mass is 10.3. The predicted molar refractivity (Wildman–Crippen MR) is 77.5 cm³/mol. The third kappa shape index (κ3) is 4.05. The predicted octanol–water partition coefficient (Wildman–Crippen LogP) is 2.74. The minimum atomic E-state index is -3.53. The van der Waals surface area contributed by atoms with E-state index < -0.39 is 15.8 Å². The molecule has 0 aromatic heterocycles. The Morgan fingerprint density at radius 1 is 1.53 bits per heavy atom. The van der Waals surface area contributed by atoms with E-state index in [9.17, 15) is 12.8 Å². The summed E-state index contributed by atoms with van der Waals surface area (Å²) in [5.41, 5.74) is 0.168. The summed E-state index contributed by atoms with van der Waals surface area (Å²) in [6, 6.07) is 2.19. The first-order valence-corrected chi connectivity index (χ1v) is 8.58. The van der Waals surface area contributed by atoms with Gasteiger partial charge in [0.15, 0.2) is 0 Å². The van der Waals surface area contributed by atoms with Crippen LogP contribution in [0.25, 0.3) is 0 Å². The summed E-state index contributed by atoms with van der Waals surface area (Å²) in [7, 11) is -3.53. The number of sulfonamides is 1. The van der Waals surface area contributed by atoms with Crippen molar-refractivity contribution in [1.82, 2.24) is 5.32 Å². The first-order chi connectivity index (χ1) is 8.87. The molecule has 0 radical (unpaired) electrons. The van der Waals surface area contributed by atoms with Gasteiger partial charge in [0, 0.05) is 10.5 Å². The molecule has 1 aliphatic heterocycles. The second-order valence-corrected chi connectivity index (χ2v) is 7.45. The fraction of sp³-hybridized carbons (Fsp3) is 0.455. The maximum Gasteiger partial charge on any atom is 0.234 e. The van der Waals surface area contributed by atoms with E-state index in [1.165, 1.54) is 0 Å². The molecule has 1 aliphatic rings. The SMILES string of the molecule is O=S(=O)(CC1CCCN1)Nc1c(Cl)cc(F)cc1Br. The van der Waals surface area contributed by atoms with Gasteiger partial charge in [-0.2, -0.15) is 0 Å². The highest BCUT2D eigenvalue weighted by Gasteiger charge is 2.23. The van der Waals surface area contributed by atoms with Crippen molar-refractivity contribution in [3.05, 3.63) is 27.4 Å². The summed E-state index contributed by atoms with van der Waals surface area (Å²) in [5.74, 6) is -0.551. The maximum absolute atomic E-state index is 13.1. The average molecular weight is 372 g/mol. The van der Waals surface area contributed by atoms with E-state index in [0.717, 1.165) is 31.5 Å². The van der Waals surface area contributed by atoms with E-state index in [-0.39, 0.29) is 27.0 Å². The van der Waals surface area contributed by atoms with Gasteiger partial charge >= 0.3 is 0 Å². The molecule has 4 nitrogen and oxygen atoms in total. The minimum Gasteiger partial charge on any atom is -0.313 e. The first-order valence-electron chi connectivity index (χ1n) is 5.76. The minimum absolute atomic E-state index is 0.0207. The Morgan fingerprint density at radius 2 is 2.26 bits per heavy atom. The van der Waals surface area contributed by atoms with Gasteiger partial charge in [0.05, 0.1) is 16.5 Å². The lowest BCUT2D eigenvalue weighted by Crippen LogP contribution is -2.32. The molecule has 2 N–H and O–H groups in total. The number of benzene rings is 1. The summed E-state index contributed by atoms with van der Waals surface area (Å²) < 4.78 is 39.8. The molecule has 0 spiro atoms. The van der Waals surface area contributed by atoms with Crippen molar-refractivity contribution in [2.75, 3.05) is 17.0 Å². The standard InChI is InChI=1S/C11H13BrClFN2O2S/c12-9-4-7(14)5-10(13)11(9)16-19(17,18)6-8-2-1-3-15-8/h4-5,8,15-16H,1-3,6H2. The smallest absolute Gasteiger partial charge is 0.234 e. The second kappa shape index (κ2) is 5.95. The van der Waals surface area contributed by atoms with Crippen LogP contribution in [-0.2, 0) is 10.0 Å². The van der Waals surface area contributed by atoms with Crippen LogP contribution in [0, 0.1) is 5.82 Å². The van der Waals surface area contributed by atoms with E-state index >= 15 is 0 Å². The third-order valence-electron chi connectivity index (χ3n) is 2.85. The molecule has 0 amide bonds. The monoisotopic (exact) mass is 370 g/mol. The van der Waals surface area contributed by atoms with Gasteiger partial charge in [-0.05, 0) is 47.4 Å². The van der Waals surface area contributed by atoms with Crippen molar-refractivity contribution in [3.8, 4) is 0 Å². The molecule has 0 saturated carbocycles. The highest BCUT2D eigenvalue weighted by atomic mass is 79.9.